The molecular weight excluding hydrogens is 282 g/mol. The van der Waals surface area contributed by atoms with Gasteiger partial charge in [-0.3, -0.25) is 14.5 Å². The van der Waals surface area contributed by atoms with Crippen LogP contribution in [0.3, 0.4) is 0 Å². The van der Waals surface area contributed by atoms with E-state index in [1.54, 1.807) is 12.0 Å². The fourth-order valence-corrected chi connectivity index (χ4v) is 2.71. The van der Waals surface area contributed by atoms with Crippen molar-refractivity contribution in [1.29, 1.82) is 0 Å². The zero-order chi connectivity index (χ0) is 16.1. The number of carbonyl (C=O) groups is 2. The molecule has 1 heterocycles. The Morgan fingerprint density at radius 1 is 1.27 bits per heavy atom. The van der Waals surface area contributed by atoms with Gasteiger partial charge in [0, 0.05) is 33.1 Å². The Hall–Kier alpha value is -2.08. The average molecular weight is 305 g/mol. The smallest absolute Gasteiger partial charge is 0.236 e. The molecule has 1 aliphatic heterocycles. The fourth-order valence-electron chi connectivity index (χ4n) is 2.71. The van der Waals surface area contributed by atoms with E-state index in [9.17, 15) is 9.59 Å². The maximum Gasteiger partial charge on any atom is 0.236 e. The number of primary amides is 1. The third-order valence-electron chi connectivity index (χ3n) is 4.11. The normalized spacial score (nSPS) is 19.0. The van der Waals surface area contributed by atoms with Gasteiger partial charge in [-0.05, 0) is 24.1 Å². The molecule has 120 valence electrons. The summed E-state index contributed by atoms with van der Waals surface area (Å²) in [5.41, 5.74) is 6.67. The number of rotatable bonds is 5. The molecule has 1 atom stereocenters. The van der Waals surface area contributed by atoms with Gasteiger partial charge in [0.15, 0.2) is 0 Å². The van der Waals surface area contributed by atoms with Crippen LogP contribution in [0.2, 0.25) is 0 Å². The number of carbonyl (C=O) groups excluding carboxylic acids is 2. The topological polar surface area (TPSA) is 75.9 Å². The highest BCUT2D eigenvalue weighted by Crippen LogP contribution is 2.14. The van der Waals surface area contributed by atoms with Crippen LogP contribution in [-0.2, 0) is 16.0 Å². The minimum Gasteiger partial charge on any atom is -0.497 e. The van der Waals surface area contributed by atoms with E-state index in [0.717, 1.165) is 18.7 Å². The molecule has 1 aromatic rings. The maximum absolute atomic E-state index is 11.7. The van der Waals surface area contributed by atoms with Crippen molar-refractivity contribution in [1.82, 2.24) is 9.80 Å². The van der Waals surface area contributed by atoms with Crippen molar-refractivity contribution in [2.24, 2.45) is 5.73 Å². The van der Waals surface area contributed by atoms with E-state index < -0.39 is 6.04 Å². The molecule has 0 aromatic heterocycles. The first-order valence-electron chi connectivity index (χ1n) is 7.43. The van der Waals surface area contributed by atoms with Gasteiger partial charge in [-0.1, -0.05) is 12.1 Å². The van der Waals surface area contributed by atoms with Crippen molar-refractivity contribution in [2.45, 2.75) is 19.4 Å². The molecule has 0 spiro atoms. The van der Waals surface area contributed by atoms with E-state index in [1.807, 2.05) is 24.3 Å². The van der Waals surface area contributed by atoms with Gasteiger partial charge in [0.2, 0.25) is 11.8 Å². The molecule has 0 saturated carbocycles. The van der Waals surface area contributed by atoms with E-state index in [4.69, 9.17) is 10.5 Å². The summed E-state index contributed by atoms with van der Waals surface area (Å²) >= 11 is 0. The Balaban J connectivity index is 1.95. The van der Waals surface area contributed by atoms with Crippen molar-refractivity contribution in [3.8, 4) is 5.75 Å². The summed E-state index contributed by atoms with van der Waals surface area (Å²) in [5.74, 6) is 0.440. The minimum absolute atomic E-state index is 0.0129. The van der Waals surface area contributed by atoms with Crippen molar-refractivity contribution in [3.63, 3.8) is 0 Å². The fraction of sp³-hybridized carbons (Fsp3) is 0.500. The molecule has 6 heteroatoms. The van der Waals surface area contributed by atoms with Crippen LogP contribution in [0, 0.1) is 0 Å². The molecule has 1 saturated heterocycles. The van der Waals surface area contributed by atoms with Gasteiger partial charge < -0.3 is 15.4 Å². The lowest BCUT2D eigenvalue weighted by atomic mass is 10.1. The monoisotopic (exact) mass is 305 g/mol. The van der Waals surface area contributed by atoms with Crippen LogP contribution in [0.4, 0.5) is 0 Å². The van der Waals surface area contributed by atoms with E-state index in [1.165, 1.54) is 12.5 Å². The van der Waals surface area contributed by atoms with Crippen molar-refractivity contribution in [2.75, 3.05) is 33.3 Å². The Labute approximate surface area is 130 Å². The van der Waals surface area contributed by atoms with Crippen LogP contribution in [0.5, 0.6) is 5.75 Å². The van der Waals surface area contributed by atoms with Crippen LogP contribution in [0.25, 0.3) is 0 Å². The van der Waals surface area contributed by atoms with E-state index in [-0.39, 0.29) is 11.8 Å². The molecule has 0 radical (unpaired) electrons. The second kappa shape index (κ2) is 7.26. The highest BCUT2D eigenvalue weighted by Gasteiger charge is 2.31. The third-order valence-corrected chi connectivity index (χ3v) is 4.11. The summed E-state index contributed by atoms with van der Waals surface area (Å²) in [5, 5.41) is 0. The number of nitrogens with two attached hydrogens (primary N) is 1. The van der Waals surface area contributed by atoms with Crippen molar-refractivity contribution >= 4 is 11.8 Å². The third kappa shape index (κ3) is 3.98. The minimum atomic E-state index is -0.407. The van der Waals surface area contributed by atoms with Gasteiger partial charge in [-0.25, -0.2) is 0 Å². The van der Waals surface area contributed by atoms with Gasteiger partial charge in [0.1, 0.15) is 11.8 Å². The molecule has 2 amide bonds. The van der Waals surface area contributed by atoms with Gasteiger partial charge in [-0.2, -0.15) is 0 Å². The van der Waals surface area contributed by atoms with Gasteiger partial charge in [-0.15, -0.1) is 0 Å². The number of nitrogens with zero attached hydrogens (tertiary/aromatic N) is 2. The molecule has 2 rings (SSSR count). The quantitative estimate of drug-likeness (QED) is 0.846. The lowest BCUT2D eigenvalue weighted by molar-refractivity contribution is -0.135. The first kappa shape index (κ1) is 16.3. The molecule has 0 unspecified atom stereocenters. The number of amides is 2. The standard InChI is InChI=1S/C16H23N3O3/c1-12(20)19-10-9-18(15(11-19)16(17)21)8-7-13-3-5-14(22-2)6-4-13/h3-6,15H,7-11H2,1-2H3,(H2,17,21)/t15-/m1/s1. The summed E-state index contributed by atoms with van der Waals surface area (Å²) in [4.78, 5) is 26.9. The van der Waals surface area contributed by atoms with Crippen LogP contribution < -0.4 is 10.5 Å². The first-order chi connectivity index (χ1) is 10.5. The molecule has 0 bridgehead atoms. The summed E-state index contributed by atoms with van der Waals surface area (Å²) in [6.45, 7) is 3.95. The lowest BCUT2D eigenvalue weighted by Crippen LogP contribution is -2.59. The highest BCUT2D eigenvalue weighted by molar-refractivity contribution is 5.82. The summed E-state index contributed by atoms with van der Waals surface area (Å²) in [6.07, 6.45) is 0.827. The van der Waals surface area contributed by atoms with Gasteiger partial charge >= 0.3 is 0 Å². The number of hydrogen-bond acceptors (Lipinski definition) is 4. The summed E-state index contributed by atoms with van der Waals surface area (Å²) < 4.78 is 5.14. The van der Waals surface area contributed by atoms with E-state index >= 15 is 0 Å². The molecule has 2 N–H and O–H groups in total. The van der Waals surface area contributed by atoms with Crippen LogP contribution >= 0.6 is 0 Å². The molecule has 6 nitrogen and oxygen atoms in total. The largest absolute Gasteiger partial charge is 0.497 e. The summed E-state index contributed by atoms with van der Waals surface area (Å²) in [7, 11) is 1.64. The SMILES string of the molecule is COc1ccc(CCN2CCN(C(C)=O)C[C@@H]2C(N)=O)cc1. The van der Waals surface area contributed by atoms with Gasteiger partial charge in [0.25, 0.3) is 0 Å². The second-order valence-corrected chi connectivity index (χ2v) is 5.52. The highest BCUT2D eigenvalue weighted by atomic mass is 16.5. The number of piperazine rings is 1. The van der Waals surface area contributed by atoms with Gasteiger partial charge in [0.05, 0.1) is 7.11 Å². The van der Waals surface area contributed by atoms with Crippen LogP contribution in [0.15, 0.2) is 24.3 Å². The average Bonchev–Trinajstić information content (AvgIpc) is 2.53. The molecule has 1 aliphatic rings. The second-order valence-electron chi connectivity index (χ2n) is 5.52. The van der Waals surface area contributed by atoms with Crippen molar-refractivity contribution in [3.05, 3.63) is 29.8 Å². The molecule has 1 aromatic carbocycles. The predicted molar refractivity (Wildman–Crippen MR) is 83.5 cm³/mol. The Morgan fingerprint density at radius 2 is 1.95 bits per heavy atom. The van der Waals surface area contributed by atoms with E-state index in [2.05, 4.69) is 4.90 Å². The lowest BCUT2D eigenvalue weighted by Gasteiger charge is -2.39. The summed E-state index contributed by atoms with van der Waals surface area (Å²) in [6, 6.07) is 7.48. The molecule has 1 fully saturated rings. The Bertz CT molecular complexity index is 530. The Kier molecular flexibility index (Phi) is 5.38. The number of methoxy groups -OCH3 is 1. The van der Waals surface area contributed by atoms with Crippen LogP contribution in [0.1, 0.15) is 12.5 Å². The molecule has 0 aliphatic carbocycles. The number of benzene rings is 1. The molecule has 22 heavy (non-hydrogen) atoms. The first-order valence-corrected chi connectivity index (χ1v) is 7.43. The van der Waals surface area contributed by atoms with E-state index in [0.29, 0.717) is 19.6 Å². The van der Waals surface area contributed by atoms with Crippen LogP contribution in [-0.4, -0.2) is 60.9 Å². The zero-order valence-electron chi connectivity index (χ0n) is 13.1. The zero-order valence-corrected chi connectivity index (χ0v) is 13.1. The molecular formula is C16H23N3O3. The Morgan fingerprint density at radius 3 is 2.50 bits per heavy atom. The predicted octanol–water partition coefficient (Wildman–Crippen LogP) is 0.256. The maximum atomic E-state index is 11.7. The van der Waals surface area contributed by atoms with Crippen molar-refractivity contribution < 1.29 is 14.3 Å². The number of ether oxygens (including phenoxy) is 1. The number of hydrogen-bond donors (Lipinski definition) is 1.